The smallest absolute Gasteiger partial charge is 0.130 e. The number of anilines is 3. The lowest BCUT2D eigenvalue weighted by molar-refractivity contribution is 0.404. The molecular weight excluding hydrogens is 334 g/mol. The van der Waals surface area contributed by atoms with Gasteiger partial charge in [0.15, 0.2) is 0 Å². The molecule has 0 radical (unpaired) electrons. The normalized spacial score (nSPS) is 20.1. The van der Waals surface area contributed by atoms with Gasteiger partial charge in [-0.15, -0.1) is 0 Å². The Morgan fingerprint density at radius 1 is 1.15 bits per heavy atom. The van der Waals surface area contributed by atoms with E-state index < -0.39 is 0 Å². The number of aromatic nitrogens is 2. The number of nitrogens with one attached hydrogen (secondary N) is 3. The second-order valence-corrected chi connectivity index (χ2v) is 7.89. The van der Waals surface area contributed by atoms with Crippen molar-refractivity contribution >= 4 is 28.1 Å². The summed E-state index contributed by atoms with van der Waals surface area (Å²) in [4.78, 5) is 8.09. The van der Waals surface area contributed by atoms with Gasteiger partial charge in [-0.25, -0.2) is 4.98 Å². The highest BCUT2D eigenvalue weighted by molar-refractivity contribution is 5.96. The Labute approximate surface area is 160 Å². The quantitative estimate of drug-likeness (QED) is 0.508. The molecule has 2 atom stereocenters. The lowest BCUT2D eigenvalue weighted by Gasteiger charge is -2.30. The van der Waals surface area contributed by atoms with Crippen LogP contribution in [0.3, 0.4) is 0 Å². The van der Waals surface area contributed by atoms with Gasteiger partial charge in [0.25, 0.3) is 0 Å². The van der Waals surface area contributed by atoms with Gasteiger partial charge in [0.05, 0.1) is 5.69 Å². The molecule has 1 aliphatic rings. The zero-order valence-corrected chi connectivity index (χ0v) is 16.1. The molecule has 5 nitrogen and oxygen atoms in total. The van der Waals surface area contributed by atoms with Crippen LogP contribution in [-0.2, 0) is 0 Å². The second kappa shape index (κ2) is 7.61. The topological polar surface area (TPSA) is 78.8 Å². The molecule has 2 heterocycles. The molecule has 27 heavy (non-hydrogen) atoms. The maximum Gasteiger partial charge on any atom is 0.130 e. The Kier molecular flexibility index (Phi) is 5.03. The van der Waals surface area contributed by atoms with Crippen LogP contribution in [0.15, 0.2) is 42.6 Å². The van der Waals surface area contributed by atoms with Gasteiger partial charge in [0.2, 0.25) is 0 Å². The summed E-state index contributed by atoms with van der Waals surface area (Å²) in [6, 6.07) is 13.1. The zero-order valence-electron chi connectivity index (χ0n) is 16.1. The summed E-state index contributed by atoms with van der Waals surface area (Å²) < 4.78 is 0. The third-order valence-electron chi connectivity index (χ3n) is 5.47. The molecule has 0 saturated heterocycles. The van der Waals surface area contributed by atoms with Crippen molar-refractivity contribution in [3.05, 3.63) is 48.3 Å². The maximum absolute atomic E-state index is 6.33. The van der Waals surface area contributed by atoms with Gasteiger partial charge in [0.1, 0.15) is 5.82 Å². The molecule has 3 aromatic rings. The number of aromatic amines is 1. The van der Waals surface area contributed by atoms with Gasteiger partial charge in [-0.2, -0.15) is 0 Å². The largest absolute Gasteiger partial charge is 0.381 e. The SMILES string of the molecule is CC(C)c1cccc(Nc2cc(N[C@@H]3CCCC[C@@H]3N)cc3[nH]ccc23)n1. The molecule has 1 aromatic carbocycles. The highest BCUT2D eigenvalue weighted by Gasteiger charge is 2.21. The monoisotopic (exact) mass is 363 g/mol. The first-order valence-corrected chi connectivity index (χ1v) is 9.97. The Bertz CT molecular complexity index is 914. The first-order chi connectivity index (χ1) is 13.1. The van der Waals surface area contributed by atoms with Gasteiger partial charge in [-0.05, 0) is 49.1 Å². The van der Waals surface area contributed by atoms with Crippen molar-refractivity contribution in [2.45, 2.75) is 57.5 Å². The Balaban J connectivity index is 1.63. The van der Waals surface area contributed by atoms with Crippen LogP contribution in [0.4, 0.5) is 17.2 Å². The van der Waals surface area contributed by atoms with Crippen LogP contribution < -0.4 is 16.4 Å². The van der Waals surface area contributed by atoms with Gasteiger partial charge >= 0.3 is 0 Å². The minimum Gasteiger partial charge on any atom is -0.381 e. The minimum absolute atomic E-state index is 0.221. The van der Waals surface area contributed by atoms with Crippen LogP contribution >= 0.6 is 0 Å². The van der Waals surface area contributed by atoms with E-state index in [1.54, 1.807) is 0 Å². The van der Waals surface area contributed by atoms with E-state index in [1.165, 1.54) is 12.8 Å². The standard InChI is InChI=1S/C22H29N5/c1-14(2)18-8-5-9-22(26-18)27-21-13-15(12-20-16(21)10-11-24-20)25-19-7-4-3-6-17(19)23/h5,8-14,17,19,24-25H,3-4,6-7,23H2,1-2H3,(H,26,27)/t17-,19+/m0/s1. The fraction of sp³-hybridized carbons (Fsp3) is 0.409. The van der Waals surface area contributed by atoms with E-state index in [2.05, 4.69) is 59.8 Å². The lowest BCUT2D eigenvalue weighted by Crippen LogP contribution is -2.42. The van der Waals surface area contributed by atoms with Crippen molar-refractivity contribution in [1.29, 1.82) is 0 Å². The van der Waals surface area contributed by atoms with Crippen molar-refractivity contribution in [3.63, 3.8) is 0 Å². The third kappa shape index (κ3) is 3.93. The van der Waals surface area contributed by atoms with E-state index in [4.69, 9.17) is 10.7 Å². The second-order valence-electron chi connectivity index (χ2n) is 7.89. The number of fused-ring (bicyclic) bond motifs is 1. The van der Waals surface area contributed by atoms with Gasteiger partial charge < -0.3 is 21.4 Å². The average Bonchev–Trinajstić information content (AvgIpc) is 3.13. The zero-order chi connectivity index (χ0) is 18.8. The molecule has 2 aromatic heterocycles. The van der Waals surface area contributed by atoms with Crippen molar-refractivity contribution in [1.82, 2.24) is 9.97 Å². The van der Waals surface area contributed by atoms with E-state index in [-0.39, 0.29) is 6.04 Å². The molecule has 1 saturated carbocycles. The maximum atomic E-state index is 6.33. The van der Waals surface area contributed by atoms with Crippen molar-refractivity contribution in [2.24, 2.45) is 5.73 Å². The number of H-pyrrole nitrogens is 1. The molecule has 5 heteroatoms. The average molecular weight is 364 g/mol. The minimum atomic E-state index is 0.221. The lowest BCUT2D eigenvalue weighted by atomic mass is 9.91. The van der Waals surface area contributed by atoms with Gasteiger partial charge in [0, 0.05) is 40.6 Å². The number of nitrogens with zero attached hydrogens (tertiary/aromatic N) is 1. The highest BCUT2D eigenvalue weighted by atomic mass is 15.0. The van der Waals surface area contributed by atoms with Gasteiger partial charge in [-0.1, -0.05) is 32.8 Å². The van der Waals surface area contributed by atoms with Crippen LogP contribution in [0.25, 0.3) is 10.9 Å². The predicted molar refractivity (Wildman–Crippen MR) is 114 cm³/mol. The van der Waals surface area contributed by atoms with E-state index in [0.717, 1.165) is 46.6 Å². The van der Waals surface area contributed by atoms with Gasteiger partial charge in [-0.3, -0.25) is 0 Å². The summed E-state index contributed by atoms with van der Waals surface area (Å²) >= 11 is 0. The number of hydrogen-bond acceptors (Lipinski definition) is 4. The van der Waals surface area contributed by atoms with Crippen molar-refractivity contribution in [2.75, 3.05) is 10.6 Å². The molecule has 0 spiro atoms. The molecule has 5 N–H and O–H groups in total. The molecule has 1 aliphatic carbocycles. The number of hydrogen-bond donors (Lipinski definition) is 4. The number of benzene rings is 1. The van der Waals surface area contributed by atoms with Crippen LogP contribution in [-0.4, -0.2) is 22.1 Å². The summed E-state index contributed by atoms with van der Waals surface area (Å²) in [5.74, 6) is 1.27. The fourth-order valence-corrected chi connectivity index (χ4v) is 3.89. The van der Waals surface area contributed by atoms with Crippen LogP contribution in [0, 0.1) is 0 Å². The Morgan fingerprint density at radius 2 is 2.00 bits per heavy atom. The summed E-state index contributed by atoms with van der Waals surface area (Å²) in [6.07, 6.45) is 6.68. The highest BCUT2D eigenvalue weighted by Crippen LogP contribution is 2.31. The molecule has 0 bridgehead atoms. The summed E-state index contributed by atoms with van der Waals surface area (Å²) in [5.41, 5.74) is 10.7. The molecule has 4 rings (SSSR count). The first kappa shape index (κ1) is 17.9. The van der Waals surface area contributed by atoms with Crippen LogP contribution in [0.1, 0.15) is 51.1 Å². The third-order valence-corrected chi connectivity index (χ3v) is 5.47. The molecular formula is C22H29N5. The molecule has 0 unspecified atom stereocenters. The van der Waals surface area contributed by atoms with Crippen LogP contribution in [0.2, 0.25) is 0 Å². The number of pyridine rings is 1. The summed E-state index contributed by atoms with van der Waals surface area (Å²) in [6.45, 7) is 4.32. The van der Waals surface area contributed by atoms with E-state index in [0.29, 0.717) is 12.0 Å². The first-order valence-electron chi connectivity index (χ1n) is 9.97. The fourth-order valence-electron chi connectivity index (χ4n) is 3.89. The van der Waals surface area contributed by atoms with Crippen molar-refractivity contribution < 1.29 is 0 Å². The Morgan fingerprint density at radius 3 is 2.81 bits per heavy atom. The number of nitrogens with two attached hydrogens (primary N) is 1. The molecule has 142 valence electrons. The molecule has 0 aliphatic heterocycles. The Hall–Kier alpha value is -2.53. The summed E-state index contributed by atoms with van der Waals surface area (Å²) in [5, 5.41) is 8.34. The van der Waals surface area contributed by atoms with Crippen molar-refractivity contribution in [3.8, 4) is 0 Å². The predicted octanol–water partition coefficient (Wildman–Crippen LogP) is 5.11. The molecule has 1 fully saturated rings. The van der Waals surface area contributed by atoms with Crippen LogP contribution in [0.5, 0.6) is 0 Å². The van der Waals surface area contributed by atoms with E-state index in [1.807, 2.05) is 12.3 Å². The van der Waals surface area contributed by atoms with E-state index >= 15 is 0 Å². The molecule has 0 amide bonds. The summed E-state index contributed by atoms with van der Waals surface area (Å²) in [7, 11) is 0. The van der Waals surface area contributed by atoms with E-state index in [9.17, 15) is 0 Å². The number of rotatable bonds is 5.